The Balaban J connectivity index is 1.71. The summed E-state index contributed by atoms with van der Waals surface area (Å²) in [7, 11) is -0.978. The SMILES string of the molecule is O=C(O)c1cc2cc(CS(=O)CC3CCCO3)ccc2o1. The summed E-state index contributed by atoms with van der Waals surface area (Å²) >= 11 is 0. The van der Waals surface area contributed by atoms with E-state index in [2.05, 4.69) is 0 Å². The molecule has 1 aromatic heterocycles. The third-order valence-corrected chi connectivity index (χ3v) is 4.91. The van der Waals surface area contributed by atoms with Crippen molar-refractivity contribution in [3.8, 4) is 0 Å². The second kappa shape index (κ2) is 5.99. The van der Waals surface area contributed by atoms with Crippen LogP contribution in [0.5, 0.6) is 0 Å². The predicted octanol–water partition coefficient (Wildman–Crippen LogP) is 2.56. The highest BCUT2D eigenvalue weighted by molar-refractivity contribution is 7.84. The van der Waals surface area contributed by atoms with Crippen molar-refractivity contribution in [2.24, 2.45) is 0 Å². The molecular weight excluding hydrogens is 292 g/mol. The molecule has 21 heavy (non-hydrogen) atoms. The van der Waals surface area contributed by atoms with Gasteiger partial charge < -0.3 is 14.3 Å². The Morgan fingerprint density at radius 3 is 2.95 bits per heavy atom. The van der Waals surface area contributed by atoms with E-state index < -0.39 is 16.8 Å². The van der Waals surface area contributed by atoms with Crippen LogP contribution in [0.25, 0.3) is 11.0 Å². The first-order valence-electron chi connectivity index (χ1n) is 6.84. The van der Waals surface area contributed by atoms with Crippen molar-refractivity contribution in [2.75, 3.05) is 12.4 Å². The van der Waals surface area contributed by atoms with Crippen molar-refractivity contribution in [3.63, 3.8) is 0 Å². The minimum atomic E-state index is -1.09. The van der Waals surface area contributed by atoms with E-state index in [1.54, 1.807) is 6.07 Å². The molecular formula is C15H16O5S. The molecule has 1 aromatic carbocycles. The molecule has 3 rings (SSSR count). The fourth-order valence-electron chi connectivity index (χ4n) is 2.52. The molecule has 0 amide bonds. The first kappa shape index (κ1) is 14.3. The number of hydrogen-bond acceptors (Lipinski definition) is 4. The Morgan fingerprint density at radius 1 is 1.38 bits per heavy atom. The summed E-state index contributed by atoms with van der Waals surface area (Å²) in [5.41, 5.74) is 1.44. The fourth-order valence-corrected chi connectivity index (χ4v) is 3.86. The molecule has 1 saturated heterocycles. The molecule has 2 unspecified atom stereocenters. The number of fused-ring (bicyclic) bond motifs is 1. The first-order chi connectivity index (χ1) is 10.1. The Bertz CT molecular complexity index is 684. The number of rotatable bonds is 5. The highest BCUT2D eigenvalue weighted by Crippen LogP contribution is 2.22. The Morgan fingerprint density at radius 2 is 2.24 bits per heavy atom. The van der Waals surface area contributed by atoms with Crippen molar-refractivity contribution in [2.45, 2.75) is 24.7 Å². The van der Waals surface area contributed by atoms with Gasteiger partial charge in [-0.05, 0) is 36.6 Å². The van der Waals surface area contributed by atoms with E-state index >= 15 is 0 Å². The van der Waals surface area contributed by atoms with Crippen LogP contribution in [-0.4, -0.2) is 33.7 Å². The van der Waals surface area contributed by atoms with Crippen LogP contribution < -0.4 is 0 Å². The zero-order valence-corrected chi connectivity index (χ0v) is 12.2. The summed E-state index contributed by atoms with van der Waals surface area (Å²) in [6, 6.07) is 6.87. The minimum absolute atomic E-state index is 0.0809. The zero-order valence-electron chi connectivity index (χ0n) is 11.4. The molecule has 2 atom stereocenters. The van der Waals surface area contributed by atoms with E-state index in [9.17, 15) is 9.00 Å². The smallest absolute Gasteiger partial charge is 0.371 e. The van der Waals surface area contributed by atoms with Gasteiger partial charge in [0, 0.05) is 28.5 Å². The van der Waals surface area contributed by atoms with Gasteiger partial charge in [0.25, 0.3) is 0 Å². The van der Waals surface area contributed by atoms with Crippen LogP contribution >= 0.6 is 0 Å². The summed E-state index contributed by atoms with van der Waals surface area (Å²) < 4.78 is 22.8. The van der Waals surface area contributed by atoms with Crippen LogP contribution in [0.2, 0.25) is 0 Å². The van der Waals surface area contributed by atoms with Crippen LogP contribution in [0.3, 0.4) is 0 Å². The maximum Gasteiger partial charge on any atom is 0.371 e. The molecule has 112 valence electrons. The lowest BCUT2D eigenvalue weighted by molar-refractivity contribution is 0.0665. The Labute approximate surface area is 124 Å². The molecule has 5 nitrogen and oxygen atoms in total. The monoisotopic (exact) mass is 308 g/mol. The average molecular weight is 308 g/mol. The number of carboxylic acid groups (broad SMARTS) is 1. The zero-order chi connectivity index (χ0) is 14.8. The Hall–Kier alpha value is -1.66. The molecule has 0 aliphatic carbocycles. The van der Waals surface area contributed by atoms with Gasteiger partial charge >= 0.3 is 5.97 Å². The molecule has 1 N–H and O–H groups in total. The number of hydrogen-bond donors (Lipinski definition) is 1. The lowest BCUT2D eigenvalue weighted by atomic mass is 10.2. The molecule has 1 fully saturated rings. The van der Waals surface area contributed by atoms with Gasteiger partial charge in [-0.3, -0.25) is 4.21 Å². The van der Waals surface area contributed by atoms with Gasteiger partial charge in [-0.2, -0.15) is 0 Å². The molecule has 2 heterocycles. The van der Waals surface area contributed by atoms with Gasteiger partial charge in [0.1, 0.15) is 5.58 Å². The minimum Gasteiger partial charge on any atom is -0.475 e. The van der Waals surface area contributed by atoms with E-state index in [0.29, 0.717) is 17.1 Å². The van der Waals surface area contributed by atoms with E-state index in [4.69, 9.17) is 14.3 Å². The number of aromatic carboxylic acids is 1. The molecule has 2 aromatic rings. The first-order valence-corrected chi connectivity index (χ1v) is 8.33. The van der Waals surface area contributed by atoms with Gasteiger partial charge in [0.2, 0.25) is 5.76 Å². The van der Waals surface area contributed by atoms with Crippen LogP contribution in [0, 0.1) is 0 Å². The maximum atomic E-state index is 12.1. The second-order valence-electron chi connectivity index (χ2n) is 5.17. The standard InChI is InChI=1S/C15H16O5S/c16-15(17)14-7-11-6-10(3-4-13(11)20-14)8-21(18)9-12-2-1-5-19-12/h3-4,6-7,12H,1-2,5,8-9H2,(H,16,17). The molecule has 0 spiro atoms. The molecule has 6 heteroatoms. The van der Waals surface area contributed by atoms with Crippen LogP contribution in [0.4, 0.5) is 0 Å². The van der Waals surface area contributed by atoms with Gasteiger partial charge in [0.15, 0.2) is 0 Å². The fraction of sp³-hybridized carbons (Fsp3) is 0.400. The quantitative estimate of drug-likeness (QED) is 0.918. The van der Waals surface area contributed by atoms with Crippen molar-refractivity contribution in [1.29, 1.82) is 0 Å². The molecule has 0 saturated carbocycles. The molecule has 0 bridgehead atoms. The van der Waals surface area contributed by atoms with Gasteiger partial charge in [-0.25, -0.2) is 4.79 Å². The number of carbonyl (C=O) groups is 1. The second-order valence-corrected chi connectivity index (χ2v) is 6.68. The Kier molecular flexibility index (Phi) is 4.07. The number of carboxylic acids is 1. The van der Waals surface area contributed by atoms with Gasteiger partial charge in [-0.15, -0.1) is 0 Å². The predicted molar refractivity (Wildman–Crippen MR) is 78.9 cm³/mol. The summed E-state index contributed by atoms with van der Waals surface area (Å²) in [5, 5.41) is 9.62. The van der Waals surface area contributed by atoms with Crippen molar-refractivity contribution in [3.05, 3.63) is 35.6 Å². The van der Waals surface area contributed by atoms with Crippen molar-refractivity contribution < 1.29 is 23.3 Å². The van der Waals surface area contributed by atoms with E-state index in [1.807, 2.05) is 12.1 Å². The lowest BCUT2D eigenvalue weighted by Gasteiger charge is -2.08. The van der Waals surface area contributed by atoms with E-state index in [-0.39, 0.29) is 11.9 Å². The van der Waals surface area contributed by atoms with Crippen LogP contribution in [0.15, 0.2) is 28.7 Å². The molecule has 1 aliphatic heterocycles. The molecule has 0 radical (unpaired) electrons. The number of furan rings is 1. The van der Waals surface area contributed by atoms with Gasteiger partial charge in [0.05, 0.1) is 11.9 Å². The van der Waals surface area contributed by atoms with E-state index in [0.717, 1.165) is 30.4 Å². The largest absolute Gasteiger partial charge is 0.475 e. The topological polar surface area (TPSA) is 76.7 Å². The molecule has 1 aliphatic rings. The van der Waals surface area contributed by atoms with Gasteiger partial charge in [-0.1, -0.05) is 6.07 Å². The third kappa shape index (κ3) is 3.33. The van der Waals surface area contributed by atoms with Crippen LogP contribution in [0.1, 0.15) is 29.0 Å². The third-order valence-electron chi connectivity index (χ3n) is 3.51. The summed E-state index contributed by atoms with van der Waals surface area (Å²) in [6.45, 7) is 0.765. The van der Waals surface area contributed by atoms with Crippen molar-refractivity contribution in [1.82, 2.24) is 0 Å². The van der Waals surface area contributed by atoms with E-state index in [1.165, 1.54) is 6.07 Å². The normalized spacial score (nSPS) is 19.9. The number of benzene rings is 1. The summed E-state index contributed by atoms with van der Waals surface area (Å²) in [4.78, 5) is 10.9. The summed E-state index contributed by atoms with van der Waals surface area (Å²) in [6.07, 6.45) is 2.14. The highest BCUT2D eigenvalue weighted by Gasteiger charge is 2.18. The highest BCUT2D eigenvalue weighted by atomic mass is 32.2. The summed E-state index contributed by atoms with van der Waals surface area (Å²) in [5.74, 6) is -0.162. The lowest BCUT2D eigenvalue weighted by Crippen LogP contribution is -2.16. The van der Waals surface area contributed by atoms with Crippen molar-refractivity contribution >= 4 is 27.7 Å². The van der Waals surface area contributed by atoms with Crippen LogP contribution in [-0.2, 0) is 21.3 Å². The number of ether oxygens (including phenoxy) is 1. The maximum absolute atomic E-state index is 12.1. The average Bonchev–Trinajstić information content (AvgIpc) is 3.06.